The normalized spacial score (nSPS) is 27.9. The molecule has 1 saturated heterocycles. The van der Waals surface area contributed by atoms with E-state index < -0.39 is 41.0 Å². The molecule has 1 saturated carbocycles. The third-order valence-electron chi connectivity index (χ3n) is 11.0. The molecule has 8 heteroatoms. The minimum absolute atomic E-state index is 0.00451. The zero-order valence-electron chi connectivity index (χ0n) is 26.5. The molecule has 0 unspecified atom stereocenters. The lowest BCUT2D eigenvalue weighted by Crippen LogP contribution is -2.58. The van der Waals surface area contributed by atoms with Crippen molar-refractivity contribution in [3.05, 3.63) is 119 Å². The molecule has 3 aromatic carbocycles. The number of carbonyl (C=O) groups excluding carboxylic acids is 4. The number of rotatable bonds is 9. The number of aromatic hydroxyl groups is 1. The van der Waals surface area contributed by atoms with Gasteiger partial charge in [-0.15, -0.1) is 0 Å². The highest BCUT2D eigenvalue weighted by molar-refractivity contribution is 6.31. The first-order valence-electron chi connectivity index (χ1n) is 16.7. The summed E-state index contributed by atoms with van der Waals surface area (Å²) in [5, 5.41) is 20.4. The summed E-state index contributed by atoms with van der Waals surface area (Å²) in [6, 6.07) is 25.3. The number of amides is 2. The monoisotopic (exact) mass is 643 g/mol. The van der Waals surface area contributed by atoms with Crippen LogP contribution in [0.4, 0.5) is 0 Å². The van der Waals surface area contributed by atoms with Gasteiger partial charge in [0.15, 0.2) is 11.6 Å². The Morgan fingerprint density at radius 1 is 0.812 bits per heavy atom. The Bertz CT molecular complexity index is 1860. The first kappa shape index (κ1) is 31.5. The van der Waals surface area contributed by atoms with Gasteiger partial charge in [-0.25, -0.2) is 0 Å². The molecule has 2 N–H and O–H groups in total. The molecule has 6 atom stereocenters. The minimum atomic E-state index is -1.39. The number of carboxylic acids is 1. The molecule has 7 rings (SSSR count). The number of nitrogens with zero attached hydrogens (tertiary/aromatic N) is 1. The highest BCUT2D eigenvalue weighted by Crippen LogP contribution is 2.64. The Hall–Kier alpha value is -5.11. The van der Waals surface area contributed by atoms with Crippen LogP contribution in [0.5, 0.6) is 5.75 Å². The van der Waals surface area contributed by atoms with Crippen LogP contribution in [0.3, 0.4) is 0 Å². The molecular weight excluding hydrogens is 606 g/mol. The highest BCUT2D eigenvalue weighted by atomic mass is 16.4. The van der Waals surface area contributed by atoms with Crippen LogP contribution in [0, 0.1) is 23.7 Å². The average molecular weight is 644 g/mol. The van der Waals surface area contributed by atoms with Crippen LogP contribution in [0.15, 0.2) is 103 Å². The number of imide groups is 1. The second-order valence-electron chi connectivity index (χ2n) is 13.4. The second-order valence-corrected chi connectivity index (χ2v) is 13.4. The van der Waals surface area contributed by atoms with Crippen molar-refractivity contribution in [2.75, 3.05) is 6.54 Å². The maximum absolute atomic E-state index is 15.0. The van der Waals surface area contributed by atoms with Gasteiger partial charge in [0.05, 0.1) is 17.3 Å². The largest absolute Gasteiger partial charge is 0.508 e. The van der Waals surface area contributed by atoms with Crippen molar-refractivity contribution in [1.82, 2.24) is 4.90 Å². The number of benzene rings is 3. The van der Waals surface area contributed by atoms with Crippen molar-refractivity contribution >= 4 is 34.9 Å². The van der Waals surface area contributed by atoms with E-state index in [1.54, 1.807) is 24.3 Å². The summed E-state index contributed by atoms with van der Waals surface area (Å²) < 4.78 is 0. The van der Waals surface area contributed by atoms with Gasteiger partial charge in [-0.2, -0.15) is 0 Å². The number of aliphatic carboxylic acids is 1. The number of ketones is 2. The standard InChI is InChI=1S/C40H37NO7/c42-32-17-10-9-16-27(32)36-26-19-20-28-35(39(48)41(38(28)47)21-11-3-8-18-34(44)45)30(26)22-31-37(46)29(24-12-4-1-5-13-24)23-33(43)40(31,36)25-14-6-2-7-15-25/h1-2,4-7,9-10,12-17,19,23,28,30-31,35-36,42H,3,8,11,18,20-22H2,(H,44,45)/t28-,30+,31-,35-,36+,40-/m0/s1. The molecular formula is C40H37NO7. The van der Waals surface area contributed by atoms with Crippen LogP contribution in [-0.2, 0) is 29.4 Å². The van der Waals surface area contributed by atoms with Gasteiger partial charge >= 0.3 is 5.97 Å². The lowest BCUT2D eigenvalue weighted by atomic mass is 9.44. The zero-order chi connectivity index (χ0) is 33.6. The number of Topliss-reactive ketones (excluding diaryl/α,β-unsaturated/α-hetero) is 1. The van der Waals surface area contributed by atoms with Crippen molar-refractivity contribution in [2.45, 2.75) is 49.9 Å². The number of phenols is 1. The topological polar surface area (TPSA) is 129 Å². The maximum atomic E-state index is 15.0. The van der Waals surface area contributed by atoms with Crippen molar-refractivity contribution < 1.29 is 34.2 Å². The predicted molar refractivity (Wildman–Crippen MR) is 178 cm³/mol. The van der Waals surface area contributed by atoms with E-state index in [0.717, 1.165) is 5.57 Å². The van der Waals surface area contributed by atoms with Crippen LogP contribution in [0.25, 0.3) is 5.57 Å². The maximum Gasteiger partial charge on any atom is 0.303 e. The van der Waals surface area contributed by atoms with E-state index in [9.17, 15) is 29.1 Å². The number of hydrogen-bond acceptors (Lipinski definition) is 6. The molecule has 4 aliphatic rings. The SMILES string of the molecule is O=C(O)CCCCCN1C(=O)[C@H]2[C@H](CC=C3[C@H]2C[C@H]2C(=O)C(c4ccccc4)=CC(=O)[C@@]2(c2ccccc2)[C@H]3c2ccccc2O)C1=O. The van der Waals surface area contributed by atoms with Crippen molar-refractivity contribution in [1.29, 1.82) is 0 Å². The minimum Gasteiger partial charge on any atom is -0.508 e. The van der Waals surface area contributed by atoms with E-state index in [1.165, 1.54) is 11.0 Å². The highest BCUT2D eigenvalue weighted by Gasteiger charge is 2.66. The Kier molecular flexibility index (Phi) is 8.19. The molecule has 2 amide bonds. The number of hydrogen-bond donors (Lipinski definition) is 2. The molecule has 0 aromatic heterocycles. The van der Waals surface area contributed by atoms with Gasteiger partial charge in [0, 0.05) is 35.9 Å². The lowest BCUT2D eigenvalue weighted by molar-refractivity contribution is -0.141. The van der Waals surface area contributed by atoms with E-state index in [-0.39, 0.29) is 48.5 Å². The molecule has 244 valence electrons. The van der Waals surface area contributed by atoms with Gasteiger partial charge in [0.1, 0.15) is 5.75 Å². The number of phenolic OH excluding ortho intramolecular Hbond substituents is 1. The number of allylic oxidation sites excluding steroid dienone is 4. The molecule has 1 aliphatic heterocycles. The van der Waals surface area contributed by atoms with Crippen LogP contribution in [0.1, 0.15) is 61.1 Å². The van der Waals surface area contributed by atoms with E-state index in [1.807, 2.05) is 66.7 Å². The summed E-state index contributed by atoms with van der Waals surface area (Å²) in [6.07, 6.45) is 5.55. The first-order valence-corrected chi connectivity index (χ1v) is 16.7. The number of carboxylic acid groups (broad SMARTS) is 1. The third kappa shape index (κ3) is 4.93. The molecule has 3 aliphatic carbocycles. The number of unbranched alkanes of at least 4 members (excludes halogenated alkanes) is 2. The summed E-state index contributed by atoms with van der Waals surface area (Å²) in [4.78, 5) is 70.0. The molecule has 1 heterocycles. The van der Waals surface area contributed by atoms with E-state index in [2.05, 4.69) is 0 Å². The van der Waals surface area contributed by atoms with Crippen molar-refractivity contribution in [3.8, 4) is 5.75 Å². The smallest absolute Gasteiger partial charge is 0.303 e. The van der Waals surface area contributed by atoms with Crippen LogP contribution in [-0.4, -0.2) is 51.0 Å². The number of likely N-dealkylation sites (tertiary alicyclic amines) is 1. The second kappa shape index (κ2) is 12.5. The third-order valence-corrected chi connectivity index (χ3v) is 11.0. The molecule has 0 bridgehead atoms. The summed E-state index contributed by atoms with van der Waals surface area (Å²) in [6.45, 7) is 0.213. The first-order chi connectivity index (χ1) is 23.2. The average Bonchev–Trinajstić information content (AvgIpc) is 3.34. The summed E-state index contributed by atoms with van der Waals surface area (Å²) in [7, 11) is 0. The van der Waals surface area contributed by atoms with Gasteiger partial charge in [-0.05, 0) is 54.9 Å². The molecule has 48 heavy (non-hydrogen) atoms. The van der Waals surface area contributed by atoms with Crippen LogP contribution in [0.2, 0.25) is 0 Å². The Morgan fingerprint density at radius 2 is 1.50 bits per heavy atom. The molecule has 3 aromatic rings. The van der Waals surface area contributed by atoms with Gasteiger partial charge in [0.25, 0.3) is 0 Å². The van der Waals surface area contributed by atoms with E-state index in [4.69, 9.17) is 5.11 Å². The Morgan fingerprint density at radius 3 is 2.21 bits per heavy atom. The summed E-state index contributed by atoms with van der Waals surface area (Å²) in [5.74, 6) is -5.26. The zero-order valence-corrected chi connectivity index (χ0v) is 26.5. The fourth-order valence-electron chi connectivity index (χ4n) is 8.96. The predicted octanol–water partition coefficient (Wildman–Crippen LogP) is 5.86. The van der Waals surface area contributed by atoms with Gasteiger partial charge in [-0.1, -0.05) is 96.9 Å². The van der Waals surface area contributed by atoms with Gasteiger partial charge in [0.2, 0.25) is 11.8 Å². The molecule has 2 fully saturated rings. The Balaban J connectivity index is 1.37. The summed E-state index contributed by atoms with van der Waals surface area (Å²) in [5.41, 5.74) is 1.55. The number of carbonyl (C=O) groups is 5. The molecule has 8 nitrogen and oxygen atoms in total. The fourth-order valence-corrected chi connectivity index (χ4v) is 8.96. The molecule has 0 radical (unpaired) electrons. The quantitative estimate of drug-likeness (QED) is 0.170. The van der Waals surface area contributed by atoms with Crippen LogP contribution < -0.4 is 0 Å². The fraction of sp³-hybridized carbons (Fsp3) is 0.325. The van der Waals surface area contributed by atoms with Gasteiger partial charge < -0.3 is 10.2 Å². The van der Waals surface area contributed by atoms with E-state index >= 15 is 0 Å². The summed E-state index contributed by atoms with van der Waals surface area (Å²) >= 11 is 0. The van der Waals surface area contributed by atoms with Gasteiger partial charge in [-0.3, -0.25) is 28.9 Å². The lowest BCUT2D eigenvalue weighted by Gasteiger charge is -2.55. The van der Waals surface area contributed by atoms with Crippen LogP contribution >= 0.6 is 0 Å². The Labute approximate surface area is 278 Å². The number of para-hydroxylation sites is 1. The van der Waals surface area contributed by atoms with Crippen molar-refractivity contribution in [3.63, 3.8) is 0 Å². The van der Waals surface area contributed by atoms with E-state index in [0.29, 0.717) is 47.9 Å². The molecule has 0 spiro atoms. The van der Waals surface area contributed by atoms with Crippen molar-refractivity contribution in [2.24, 2.45) is 23.7 Å². The number of fused-ring (bicyclic) bond motifs is 4.